The van der Waals surface area contributed by atoms with Crippen LogP contribution in [0.4, 0.5) is 0 Å². The van der Waals surface area contributed by atoms with Crippen LogP contribution in [-0.4, -0.2) is 28.4 Å². The van der Waals surface area contributed by atoms with Crippen LogP contribution in [0.1, 0.15) is 25.1 Å². The summed E-state index contributed by atoms with van der Waals surface area (Å²) in [7, 11) is 1.56. The summed E-state index contributed by atoms with van der Waals surface area (Å²) >= 11 is 0. The average molecular weight is 198 g/mol. The first-order chi connectivity index (χ1) is 6.65. The van der Waals surface area contributed by atoms with Gasteiger partial charge in [-0.2, -0.15) is 5.10 Å². The Kier molecular flexibility index (Phi) is 3.64. The predicted molar refractivity (Wildman–Crippen MR) is 49.8 cm³/mol. The fourth-order valence-electron chi connectivity index (χ4n) is 1.22. The zero-order valence-corrected chi connectivity index (χ0v) is 8.23. The molecular formula is C9H14N2O3. The van der Waals surface area contributed by atoms with Gasteiger partial charge in [0.1, 0.15) is 0 Å². The fraction of sp³-hybridized carbons (Fsp3) is 0.556. The minimum Gasteiger partial charge on any atom is -0.481 e. The van der Waals surface area contributed by atoms with Crippen LogP contribution in [-0.2, 0) is 9.53 Å². The van der Waals surface area contributed by atoms with Gasteiger partial charge in [-0.25, -0.2) is 0 Å². The monoisotopic (exact) mass is 198 g/mol. The van der Waals surface area contributed by atoms with Crippen molar-refractivity contribution in [3.63, 3.8) is 0 Å². The Labute approximate surface area is 82.1 Å². The molecule has 5 nitrogen and oxygen atoms in total. The third-order valence-corrected chi connectivity index (χ3v) is 2.14. The molecule has 2 unspecified atom stereocenters. The second-order valence-electron chi connectivity index (χ2n) is 3.21. The smallest absolute Gasteiger partial charge is 0.306 e. The fourth-order valence-corrected chi connectivity index (χ4v) is 1.22. The molecule has 0 aliphatic rings. The first kappa shape index (κ1) is 10.7. The first-order valence-electron chi connectivity index (χ1n) is 4.40. The zero-order chi connectivity index (χ0) is 10.6. The molecule has 0 radical (unpaired) electrons. The van der Waals surface area contributed by atoms with Crippen LogP contribution < -0.4 is 0 Å². The van der Waals surface area contributed by atoms with Gasteiger partial charge in [-0.1, -0.05) is 6.92 Å². The van der Waals surface area contributed by atoms with Crippen LogP contribution >= 0.6 is 0 Å². The van der Waals surface area contributed by atoms with Gasteiger partial charge in [0.15, 0.2) is 0 Å². The molecule has 1 rings (SSSR count). The lowest BCUT2D eigenvalue weighted by Gasteiger charge is -2.15. The van der Waals surface area contributed by atoms with Gasteiger partial charge >= 0.3 is 5.97 Å². The number of carbonyl (C=O) groups is 1. The summed E-state index contributed by atoms with van der Waals surface area (Å²) in [6.07, 6.45) is 1.82. The van der Waals surface area contributed by atoms with Gasteiger partial charge in [-0.3, -0.25) is 9.89 Å². The molecule has 0 saturated heterocycles. The molecule has 1 heterocycles. The van der Waals surface area contributed by atoms with Crippen molar-refractivity contribution in [3.05, 3.63) is 18.0 Å². The molecule has 0 aliphatic carbocycles. The highest BCUT2D eigenvalue weighted by Gasteiger charge is 2.20. The molecule has 0 aliphatic heterocycles. The number of aromatic amines is 1. The summed E-state index contributed by atoms with van der Waals surface area (Å²) < 4.78 is 5.18. The summed E-state index contributed by atoms with van der Waals surface area (Å²) in [5.41, 5.74) is 0.806. The maximum atomic E-state index is 10.6. The van der Waals surface area contributed by atoms with Crippen LogP contribution in [0.15, 0.2) is 12.3 Å². The molecule has 1 aromatic heterocycles. The first-order valence-corrected chi connectivity index (χ1v) is 4.40. The van der Waals surface area contributed by atoms with Crippen molar-refractivity contribution < 1.29 is 14.6 Å². The number of methoxy groups -OCH3 is 1. The van der Waals surface area contributed by atoms with E-state index in [4.69, 9.17) is 9.84 Å². The third kappa shape index (κ3) is 2.56. The number of nitrogens with one attached hydrogen (secondary N) is 1. The predicted octanol–water partition coefficient (Wildman–Crippen LogP) is 1.21. The largest absolute Gasteiger partial charge is 0.481 e. The zero-order valence-electron chi connectivity index (χ0n) is 8.23. The maximum Gasteiger partial charge on any atom is 0.306 e. The Balaban J connectivity index is 2.60. The van der Waals surface area contributed by atoms with Crippen LogP contribution in [0.5, 0.6) is 0 Å². The van der Waals surface area contributed by atoms with Crippen LogP contribution in [0.3, 0.4) is 0 Å². The van der Waals surface area contributed by atoms with Crippen molar-refractivity contribution in [2.45, 2.75) is 19.4 Å². The standard InChI is InChI=1S/C9H14N2O3/c1-6(9(12)13)5-8(14-2)7-3-4-10-11-7/h3-4,6,8H,5H2,1-2H3,(H,10,11)(H,12,13). The number of carboxylic acid groups (broad SMARTS) is 1. The highest BCUT2D eigenvalue weighted by atomic mass is 16.5. The van der Waals surface area contributed by atoms with Crippen molar-refractivity contribution >= 4 is 5.97 Å². The molecule has 0 amide bonds. The molecule has 0 saturated carbocycles. The van der Waals surface area contributed by atoms with E-state index >= 15 is 0 Å². The van der Waals surface area contributed by atoms with Gasteiger partial charge in [0.25, 0.3) is 0 Å². The van der Waals surface area contributed by atoms with Crippen molar-refractivity contribution in [3.8, 4) is 0 Å². The summed E-state index contributed by atoms with van der Waals surface area (Å²) in [6.45, 7) is 1.66. The number of H-pyrrole nitrogens is 1. The maximum absolute atomic E-state index is 10.6. The Morgan fingerprint density at radius 3 is 2.93 bits per heavy atom. The normalized spacial score (nSPS) is 15.0. The topological polar surface area (TPSA) is 75.2 Å². The van der Waals surface area contributed by atoms with E-state index in [9.17, 15) is 4.79 Å². The van der Waals surface area contributed by atoms with Gasteiger partial charge in [0.2, 0.25) is 0 Å². The Bertz CT molecular complexity index is 284. The molecule has 14 heavy (non-hydrogen) atoms. The number of nitrogens with zero attached hydrogens (tertiary/aromatic N) is 1. The lowest BCUT2D eigenvalue weighted by molar-refractivity contribution is -0.142. The van der Waals surface area contributed by atoms with E-state index in [1.165, 1.54) is 0 Å². The number of hydrogen-bond donors (Lipinski definition) is 2. The van der Waals surface area contributed by atoms with Gasteiger partial charge < -0.3 is 9.84 Å². The third-order valence-electron chi connectivity index (χ3n) is 2.14. The lowest BCUT2D eigenvalue weighted by atomic mass is 10.0. The summed E-state index contributed by atoms with van der Waals surface area (Å²) in [5, 5.41) is 15.3. The Morgan fingerprint density at radius 1 is 1.79 bits per heavy atom. The molecule has 2 atom stereocenters. The van der Waals surface area contributed by atoms with Crippen molar-refractivity contribution in [2.75, 3.05) is 7.11 Å². The van der Waals surface area contributed by atoms with Gasteiger partial charge in [0.05, 0.1) is 17.7 Å². The number of hydrogen-bond acceptors (Lipinski definition) is 3. The number of carboxylic acids is 1. The molecule has 2 N–H and O–H groups in total. The average Bonchev–Trinajstić information content (AvgIpc) is 2.66. The van der Waals surface area contributed by atoms with Gasteiger partial charge in [-0.05, 0) is 12.5 Å². The molecule has 0 spiro atoms. The highest BCUT2D eigenvalue weighted by molar-refractivity contribution is 5.69. The minimum atomic E-state index is -0.813. The van der Waals surface area contributed by atoms with Gasteiger partial charge in [0, 0.05) is 13.3 Å². The van der Waals surface area contributed by atoms with Crippen LogP contribution in [0.25, 0.3) is 0 Å². The second-order valence-corrected chi connectivity index (χ2v) is 3.21. The Hall–Kier alpha value is -1.36. The molecule has 0 aromatic carbocycles. The molecule has 0 fully saturated rings. The minimum absolute atomic E-state index is 0.233. The van der Waals surface area contributed by atoms with E-state index in [0.29, 0.717) is 6.42 Å². The highest BCUT2D eigenvalue weighted by Crippen LogP contribution is 2.22. The van der Waals surface area contributed by atoms with E-state index in [1.54, 1.807) is 26.3 Å². The summed E-state index contributed by atoms with van der Waals surface area (Å²) in [4.78, 5) is 10.6. The van der Waals surface area contributed by atoms with Crippen molar-refractivity contribution in [1.82, 2.24) is 10.2 Å². The van der Waals surface area contributed by atoms with E-state index < -0.39 is 11.9 Å². The van der Waals surface area contributed by atoms with E-state index in [2.05, 4.69) is 10.2 Å². The van der Waals surface area contributed by atoms with E-state index in [-0.39, 0.29) is 6.10 Å². The molecule has 78 valence electrons. The number of aromatic nitrogens is 2. The van der Waals surface area contributed by atoms with E-state index in [0.717, 1.165) is 5.69 Å². The molecule has 0 bridgehead atoms. The molecular weight excluding hydrogens is 184 g/mol. The van der Waals surface area contributed by atoms with Crippen molar-refractivity contribution in [1.29, 1.82) is 0 Å². The van der Waals surface area contributed by atoms with Crippen molar-refractivity contribution in [2.24, 2.45) is 5.92 Å². The van der Waals surface area contributed by atoms with Crippen LogP contribution in [0.2, 0.25) is 0 Å². The summed E-state index contributed by atoms with van der Waals surface area (Å²) in [5.74, 6) is -1.24. The quantitative estimate of drug-likeness (QED) is 0.745. The Morgan fingerprint density at radius 2 is 2.50 bits per heavy atom. The second kappa shape index (κ2) is 4.76. The summed E-state index contributed by atoms with van der Waals surface area (Å²) in [6, 6.07) is 1.78. The number of rotatable bonds is 5. The lowest BCUT2D eigenvalue weighted by Crippen LogP contribution is -2.15. The molecule has 1 aromatic rings. The SMILES string of the molecule is COC(CC(C)C(=O)O)c1ccn[nH]1. The number of ether oxygens (including phenoxy) is 1. The molecule has 5 heteroatoms. The van der Waals surface area contributed by atoms with Crippen LogP contribution in [0, 0.1) is 5.92 Å². The van der Waals surface area contributed by atoms with E-state index in [1.807, 2.05) is 0 Å². The van der Waals surface area contributed by atoms with Gasteiger partial charge in [-0.15, -0.1) is 0 Å². The number of aliphatic carboxylic acids is 1.